The fraction of sp³-hybridized carbons (Fsp3) is 0.444. The summed E-state index contributed by atoms with van der Waals surface area (Å²) in [5.74, 6) is -1.61. The van der Waals surface area contributed by atoms with Crippen molar-refractivity contribution in [2.24, 2.45) is 0 Å². The van der Waals surface area contributed by atoms with E-state index in [1.807, 2.05) is 0 Å². The fourth-order valence-corrected chi connectivity index (χ4v) is 3.51. The zero-order valence-electron chi connectivity index (χ0n) is 10.4. The number of hydrogen-bond donors (Lipinski definition) is 1. The average Bonchev–Trinajstić information content (AvgIpc) is 2.86. The van der Waals surface area contributed by atoms with Crippen molar-refractivity contribution < 1.29 is 27.5 Å². The Morgan fingerprint density at radius 2 is 2.00 bits per heavy atom. The van der Waals surface area contributed by atoms with Gasteiger partial charge in [0.25, 0.3) is 10.0 Å². The smallest absolute Gasteiger partial charge is 0.358 e. The molecule has 0 spiro atoms. The van der Waals surface area contributed by atoms with Gasteiger partial charge in [0, 0.05) is 0 Å². The predicted molar refractivity (Wildman–Crippen MR) is 65.3 cm³/mol. The normalized spacial score (nSPS) is 12.8. The maximum atomic E-state index is 12.0. The van der Waals surface area contributed by atoms with Gasteiger partial charge in [-0.25, -0.2) is 18.2 Å². The van der Waals surface area contributed by atoms with Gasteiger partial charge < -0.3 is 9.47 Å². The average molecular weight is 308 g/mol. The number of methoxy groups -OCH3 is 2. The fourth-order valence-electron chi connectivity index (χ4n) is 1.17. The van der Waals surface area contributed by atoms with Crippen molar-refractivity contribution in [1.29, 1.82) is 0 Å². The van der Waals surface area contributed by atoms with Gasteiger partial charge in [-0.15, -0.1) is 11.3 Å². The standard InChI is InChI=1S/C9H12N2O6S2/c1-5(7(12)16-2)11-19(14,15)9-6(8(13)17-3)10-4-18-9/h4-5,11H,1-3H3/t5-/m0/s1. The first kappa shape index (κ1) is 15.5. The van der Waals surface area contributed by atoms with Gasteiger partial charge in [0.05, 0.1) is 19.7 Å². The lowest BCUT2D eigenvalue weighted by Gasteiger charge is -2.11. The third-order valence-corrected chi connectivity index (χ3v) is 4.95. The molecule has 0 saturated heterocycles. The second kappa shape index (κ2) is 6.08. The first-order valence-electron chi connectivity index (χ1n) is 4.95. The number of nitrogens with zero attached hydrogens (tertiary/aromatic N) is 1. The molecule has 1 rings (SSSR count). The Kier molecular flexibility index (Phi) is 4.97. The maximum absolute atomic E-state index is 12.0. The third kappa shape index (κ3) is 3.49. The Morgan fingerprint density at radius 3 is 2.53 bits per heavy atom. The molecule has 0 fully saturated rings. The van der Waals surface area contributed by atoms with Crippen LogP contribution in [0.2, 0.25) is 0 Å². The molecule has 0 aromatic carbocycles. The molecule has 19 heavy (non-hydrogen) atoms. The maximum Gasteiger partial charge on any atom is 0.358 e. The summed E-state index contributed by atoms with van der Waals surface area (Å²) in [6.07, 6.45) is 0. The molecule has 0 aliphatic heterocycles. The minimum Gasteiger partial charge on any atom is -0.468 e. The molecule has 1 heterocycles. The van der Waals surface area contributed by atoms with E-state index in [0.717, 1.165) is 25.6 Å². The summed E-state index contributed by atoms with van der Waals surface area (Å²) in [7, 11) is -1.80. The van der Waals surface area contributed by atoms with Crippen LogP contribution in [0.5, 0.6) is 0 Å². The van der Waals surface area contributed by atoms with Gasteiger partial charge in [-0.05, 0) is 6.92 Å². The minimum atomic E-state index is -4.05. The van der Waals surface area contributed by atoms with E-state index in [-0.39, 0.29) is 9.90 Å². The molecule has 1 atom stereocenters. The molecule has 8 nitrogen and oxygen atoms in total. The minimum absolute atomic E-state index is 0.310. The van der Waals surface area contributed by atoms with Crippen molar-refractivity contribution in [3.63, 3.8) is 0 Å². The van der Waals surface area contributed by atoms with E-state index >= 15 is 0 Å². The molecule has 106 valence electrons. The van der Waals surface area contributed by atoms with Crippen LogP contribution in [-0.2, 0) is 24.3 Å². The molecule has 0 bridgehead atoms. The highest BCUT2D eigenvalue weighted by Gasteiger charge is 2.29. The lowest BCUT2D eigenvalue weighted by molar-refractivity contribution is -0.142. The van der Waals surface area contributed by atoms with E-state index in [1.54, 1.807) is 0 Å². The molecule has 0 unspecified atom stereocenters. The third-order valence-electron chi connectivity index (χ3n) is 2.04. The number of carbonyl (C=O) groups is 2. The summed E-state index contributed by atoms with van der Waals surface area (Å²) in [4.78, 5) is 26.2. The van der Waals surface area contributed by atoms with Crippen LogP contribution in [0.4, 0.5) is 0 Å². The van der Waals surface area contributed by atoms with Crippen LogP contribution in [0.3, 0.4) is 0 Å². The number of esters is 2. The largest absolute Gasteiger partial charge is 0.468 e. The van der Waals surface area contributed by atoms with Crippen LogP contribution in [-0.4, -0.2) is 45.6 Å². The highest BCUT2D eigenvalue weighted by Crippen LogP contribution is 2.20. The van der Waals surface area contributed by atoms with E-state index in [2.05, 4.69) is 19.2 Å². The molecule has 1 aromatic heterocycles. The second-order valence-corrected chi connectivity index (χ2v) is 6.11. The van der Waals surface area contributed by atoms with Gasteiger partial charge in [-0.2, -0.15) is 4.72 Å². The van der Waals surface area contributed by atoms with Crippen LogP contribution in [0, 0.1) is 0 Å². The van der Waals surface area contributed by atoms with Crippen molar-refractivity contribution >= 4 is 33.3 Å². The van der Waals surface area contributed by atoms with Crippen LogP contribution in [0.25, 0.3) is 0 Å². The monoisotopic (exact) mass is 308 g/mol. The van der Waals surface area contributed by atoms with Crippen LogP contribution in [0.15, 0.2) is 9.72 Å². The molecular formula is C9H12N2O6S2. The molecule has 1 N–H and O–H groups in total. The molecule has 0 amide bonds. The first-order valence-corrected chi connectivity index (χ1v) is 7.31. The van der Waals surface area contributed by atoms with Gasteiger partial charge in [0.2, 0.25) is 0 Å². The number of sulfonamides is 1. The molecule has 10 heteroatoms. The molecule has 0 aliphatic carbocycles. The van der Waals surface area contributed by atoms with E-state index < -0.39 is 28.0 Å². The summed E-state index contributed by atoms with van der Waals surface area (Å²) >= 11 is 0.747. The van der Waals surface area contributed by atoms with E-state index in [9.17, 15) is 18.0 Å². The molecule has 0 radical (unpaired) electrons. The Morgan fingerprint density at radius 1 is 1.37 bits per heavy atom. The topological polar surface area (TPSA) is 112 Å². The Hall–Kier alpha value is -1.52. The van der Waals surface area contributed by atoms with Crippen molar-refractivity contribution in [2.45, 2.75) is 17.2 Å². The lowest BCUT2D eigenvalue weighted by Crippen LogP contribution is -2.39. The van der Waals surface area contributed by atoms with Crippen LogP contribution in [0.1, 0.15) is 17.4 Å². The number of rotatable bonds is 5. The predicted octanol–water partition coefficient (Wildman–Crippen LogP) is -0.231. The lowest BCUT2D eigenvalue weighted by atomic mass is 10.4. The number of ether oxygens (including phenoxy) is 2. The number of hydrogen-bond acceptors (Lipinski definition) is 8. The highest BCUT2D eigenvalue weighted by atomic mass is 32.2. The summed E-state index contributed by atoms with van der Waals surface area (Å²) in [5.41, 5.74) is 0.876. The molecular weight excluding hydrogens is 296 g/mol. The number of thiazole rings is 1. The second-order valence-electron chi connectivity index (χ2n) is 3.35. The Labute approximate surface area is 113 Å². The quantitative estimate of drug-likeness (QED) is 0.748. The van der Waals surface area contributed by atoms with Gasteiger partial charge in [0.1, 0.15) is 6.04 Å². The number of aromatic nitrogens is 1. The van der Waals surface area contributed by atoms with Crippen LogP contribution >= 0.6 is 11.3 Å². The van der Waals surface area contributed by atoms with E-state index in [1.165, 1.54) is 12.4 Å². The van der Waals surface area contributed by atoms with E-state index in [0.29, 0.717) is 0 Å². The van der Waals surface area contributed by atoms with Crippen molar-refractivity contribution in [3.8, 4) is 0 Å². The molecule has 1 aromatic rings. The van der Waals surface area contributed by atoms with Gasteiger partial charge >= 0.3 is 11.9 Å². The number of carbonyl (C=O) groups excluding carboxylic acids is 2. The van der Waals surface area contributed by atoms with Gasteiger partial charge in [-0.3, -0.25) is 4.79 Å². The zero-order chi connectivity index (χ0) is 14.6. The molecule has 0 aliphatic rings. The summed E-state index contributed by atoms with van der Waals surface area (Å²) in [5, 5.41) is 0. The summed E-state index contributed by atoms with van der Waals surface area (Å²) in [6.45, 7) is 1.32. The Balaban J connectivity index is 3.05. The van der Waals surface area contributed by atoms with Crippen molar-refractivity contribution in [1.82, 2.24) is 9.71 Å². The van der Waals surface area contributed by atoms with E-state index in [4.69, 9.17) is 0 Å². The summed E-state index contributed by atoms with van der Waals surface area (Å²) < 4.78 is 34.6. The SMILES string of the molecule is COC(=O)c1ncsc1S(=O)(=O)N[C@@H](C)C(=O)OC. The number of nitrogens with one attached hydrogen (secondary N) is 1. The summed E-state index contributed by atoms with van der Waals surface area (Å²) in [6, 6.07) is -1.08. The van der Waals surface area contributed by atoms with Crippen molar-refractivity contribution in [3.05, 3.63) is 11.2 Å². The zero-order valence-corrected chi connectivity index (χ0v) is 12.0. The van der Waals surface area contributed by atoms with Crippen molar-refractivity contribution in [2.75, 3.05) is 14.2 Å². The van der Waals surface area contributed by atoms with Crippen LogP contribution < -0.4 is 4.72 Å². The first-order chi connectivity index (χ1) is 8.83. The Bertz CT molecular complexity index is 579. The molecule has 0 saturated carbocycles. The van der Waals surface area contributed by atoms with Gasteiger partial charge in [-0.1, -0.05) is 0 Å². The highest BCUT2D eigenvalue weighted by molar-refractivity contribution is 7.91. The van der Waals surface area contributed by atoms with Gasteiger partial charge in [0.15, 0.2) is 9.90 Å².